The molecule has 0 aliphatic rings. The van der Waals surface area contributed by atoms with Gasteiger partial charge in [0.05, 0.1) is 18.6 Å². The minimum atomic E-state index is -1.24. The molecule has 10 heteroatoms. The van der Waals surface area contributed by atoms with Gasteiger partial charge in [0.15, 0.2) is 0 Å². The van der Waals surface area contributed by atoms with Gasteiger partial charge in [0.25, 0.3) is 5.91 Å². The van der Waals surface area contributed by atoms with Crippen LogP contribution in [0.4, 0.5) is 14.5 Å². The van der Waals surface area contributed by atoms with Crippen LogP contribution in [0.2, 0.25) is 0 Å². The molecular formula is C34H34F2N2O6. The quantitative estimate of drug-likeness (QED) is 0.133. The van der Waals surface area contributed by atoms with E-state index in [0.717, 1.165) is 0 Å². The number of carbonyl (C=O) groups is 3. The molecule has 0 aliphatic carbocycles. The fourth-order valence-electron chi connectivity index (χ4n) is 5.40. The SMILES string of the molecule is CC(C)n1c(CCC(O)CC(O)CC(=O)O)c(-c2ccc(F)cc2)c(-c2ccc(F)cc2)c1C(=O)Nc1cccc(C=O)c1. The first-order chi connectivity index (χ1) is 21.0. The van der Waals surface area contributed by atoms with E-state index in [1.54, 1.807) is 42.5 Å². The molecule has 0 fully saturated rings. The highest BCUT2D eigenvalue weighted by atomic mass is 19.1. The molecule has 3 aromatic carbocycles. The van der Waals surface area contributed by atoms with E-state index >= 15 is 0 Å². The van der Waals surface area contributed by atoms with Crippen molar-refractivity contribution in [2.75, 3.05) is 5.32 Å². The summed E-state index contributed by atoms with van der Waals surface area (Å²) in [5.74, 6) is -2.62. The second-order valence-electron chi connectivity index (χ2n) is 10.9. The van der Waals surface area contributed by atoms with E-state index in [2.05, 4.69) is 5.32 Å². The number of aliphatic hydroxyl groups excluding tert-OH is 2. The van der Waals surface area contributed by atoms with Crippen LogP contribution < -0.4 is 5.32 Å². The number of hydrogen-bond acceptors (Lipinski definition) is 5. The maximum atomic E-state index is 14.1. The zero-order chi connectivity index (χ0) is 32.0. The minimum Gasteiger partial charge on any atom is -0.481 e. The fraction of sp³-hybridized carbons (Fsp3) is 0.265. The molecule has 230 valence electrons. The summed E-state index contributed by atoms with van der Waals surface area (Å²) in [6, 6.07) is 17.5. The number of carboxylic acids is 1. The smallest absolute Gasteiger partial charge is 0.305 e. The van der Waals surface area contributed by atoms with Gasteiger partial charge in [-0.2, -0.15) is 0 Å². The molecule has 4 aromatic rings. The Hall–Kier alpha value is -4.67. The number of nitrogens with one attached hydrogen (secondary N) is 1. The number of anilines is 1. The van der Waals surface area contributed by atoms with Gasteiger partial charge in [-0.3, -0.25) is 14.4 Å². The largest absolute Gasteiger partial charge is 0.481 e. The third-order valence-corrected chi connectivity index (χ3v) is 7.25. The Bertz CT molecular complexity index is 1630. The van der Waals surface area contributed by atoms with Crippen LogP contribution in [0.1, 0.15) is 65.7 Å². The lowest BCUT2D eigenvalue weighted by atomic mass is 9.92. The number of benzene rings is 3. The number of halogens is 2. The van der Waals surface area contributed by atoms with Gasteiger partial charge in [0.1, 0.15) is 23.6 Å². The normalized spacial score (nSPS) is 12.6. The molecule has 2 unspecified atom stereocenters. The van der Waals surface area contributed by atoms with Gasteiger partial charge >= 0.3 is 5.97 Å². The number of hydrogen-bond donors (Lipinski definition) is 4. The van der Waals surface area contributed by atoms with Crippen LogP contribution in [0.5, 0.6) is 0 Å². The van der Waals surface area contributed by atoms with E-state index in [4.69, 9.17) is 5.11 Å². The third kappa shape index (κ3) is 7.64. The first-order valence-corrected chi connectivity index (χ1v) is 14.2. The van der Waals surface area contributed by atoms with Crippen molar-refractivity contribution in [3.8, 4) is 22.3 Å². The molecule has 8 nitrogen and oxygen atoms in total. The van der Waals surface area contributed by atoms with Gasteiger partial charge in [0, 0.05) is 34.1 Å². The highest BCUT2D eigenvalue weighted by Gasteiger charge is 2.30. The molecule has 44 heavy (non-hydrogen) atoms. The number of rotatable bonds is 13. The number of carbonyl (C=O) groups excluding carboxylic acids is 2. The first kappa shape index (κ1) is 32.2. The number of carboxylic acid groups (broad SMARTS) is 1. The lowest BCUT2D eigenvalue weighted by molar-refractivity contribution is -0.139. The Morgan fingerprint density at radius 3 is 2.02 bits per heavy atom. The van der Waals surface area contributed by atoms with E-state index in [1.807, 2.05) is 18.4 Å². The summed E-state index contributed by atoms with van der Waals surface area (Å²) in [6.07, 6.45) is -1.98. The van der Waals surface area contributed by atoms with Crippen LogP contribution in [0.25, 0.3) is 22.3 Å². The van der Waals surface area contributed by atoms with Gasteiger partial charge in [-0.25, -0.2) is 8.78 Å². The van der Waals surface area contributed by atoms with Crippen molar-refractivity contribution in [2.24, 2.45) is 0 Å². The topological polar surface area (TPSA) is 129 Å². The van der Waals surface area contributed by atoms with Crippen molar-refractivity contribution in [1.29, 1.82) is 0 Å². The van der Waals surface area contributed by atoms with Crippen LogP contribution in [-0.4, -0.2) is 50.3 Å². The van der Waals surface area contributed by atoms with Crippen LogP contribution in [0.3, 0.4) is 0 Å². The molecule has 0 radical (unpaired) electrons. The molecule has 0 spiro atoms. The van der Waals surface area contributed by atoms with E-state index in [0.29, 0.717) is 45.5 Å². The Balaban J connectivity index is 1.92. The van der Waals surface area contributed by atoms with Gasteiger partial charge in [-0.15, -0.1) is 0 Å². The average Bonchev–Trinajstić information content (AvgIpc) is 3.32. The van der Waals surface area contributed by atoms with E-state index < -0.39 is 42.1 Å². The average molecular weight is 605 g/mol. The summed E-state index contributed by atoms with van der Waals surface area (Å²) < 4.78 is 29.9. The zero-order valence-electron chi connectivity index (χ0n) is 24.3. The standard InChI is InChI=1S/C34H34F2N2O6/c1-20(2)38-29(15-14-27(40)17-28(41)18-30(42)43)31(22-6-10-24(35)11-7-22)32(23-8-12-25(36)13-9-23)33(38)34(44)37-26-5-3-4-21(16-26)19-39/h3-13,16,19-20,27-28,40-41H,14-15,17-18H2,1-2H3,(H,37,44)(H,42,43). The Morgan fingerprint density at radius 1 is 0.886 bits per heavy atom. The van der Waals surface area contributed by atoms with Crippen molar-refractivity contribution < 1.29 is 38.5 Å². The van der Waals surface area contributed by atoms with Crippen LogP contribution in [0, 0.1) is 11.6 Å². The van der Waals surface area contributed by atoms with Crippen LogP contribution in [-0.2, 0) is 11.2 Å². The van der Waals surface area contributed by atoms with Crippen molar-refractivity contribution in [3.63, 3.8) is 0 Å². The van der Waals surface area contributed by atoms with Gasteiger partial charge < -0.3 is 25.2 Å². The molecule has 0 saturated heterocycles. The number of nitrogens with zero attached hydrogens (tertiary/aromatic N) is 1. The number of aliphatic hydroxyl groups is 2. The lowest BCUT2D eigenvalue weighted by Gasteiger charge is -2.20. The number of aldehydes is 1. The molecular weight excluding hydrogens is 570 g/mol. The van der Waals surface area contributed by atoms with Gasteiger partial charge in [0.2, 0.25) is 0 Å². The van der Waals surface area contributed by atoms with Crippen molar-refractivity contribution in [1.82, 2.24) is 4.57 Å². The number of aromatic nitrogens is 1. The summed E-state index contributed by atoms with van der Waals surface area (Å²) in [7, 11) is 0. The number of amides is 1. The lowest BCUT2D eigenvalue weighted by Crippen LogP contribution is -2.22. The zero-order valence-corrected chi connectivity index (χ0v) is 24.3. The molecule has 0 aliphatic heterocycles. The van der Waals surface area contributed by atoms with Crippen LogP contribution >= 0.6 is 0 Å². The summed E-state index contributed by atoms with van der Waals surface area (Å²) >= 11 is 0. The maximum Gasteiger partial charge on any atom is 0.305 e. The second kappa shape index (κ2) is 14.2. The molecule has 2 atom stereocenters. The van der Waals surface area contributed by atoms with Crippen molar-refractivity contribution in [2.45, 2.75) is 57.8 Å². The Labute approximate surface area is 253 Å². The third-order valence-electron chi connectivity index (χ3n) is 7.25. The van der Waals surface area contributed by atoms with Crippen molar-refractivity contribution in [3.05, 3.63) is 101 Å². The molecule has 4 N–H and O–H groups in total. The Kier molecular flexibility index (Phi) is 10.4. The van der Waals surface area contributed by atoms with Gasteiger partial charge in [-0.1, -0.05) is 36.4 Å². The first-order valence-electron chi connectivity index (χ1n) is 14.2. The summed E-state index contributed by atoms with van der Waals surface area (Å²) in [5, 5.41) is 32.7. The van der Waals surface area contributed by atoms with E-state index in [9.17, 15) is 33.4 Å². The molecule has 4 rings (SSSR count). The fourth-order valence-corrected chi connectivity index (χ4v) is 5.40. The number of aliphatic carboxylic acids is 1. The van der Waals surface area contributed by atoms with E-state index in [1.165, 1.54) is 30.3 Å². The molecule has 0 bridgehead atoms. The molecule has 1 amide bonds. The molecule has 1 heterocycles. The maximum absolute atomic E-state index is 14.1. The highest BCUT2D eigenvalue weighted by Crippen LogP contribution is 2.43. The molecule has 0 saturated carbocycles. The predicted octanol–water partition coefficient (Wildman–Crippen LogP) is 6.27. The Morgan fingerprint density at radius 2 is 1.48 bits per heavy atom. The molecule has 1 aromatic heterocycles. The summed E-state index contributed by atoms with van der Waals surface area (Å²) in [4.78, 5) is 36.5. The highest BCUT2D eigenvalue weighted by molar-refractivity contribution is 6.11. The van der Waals surface area contributed by atoms with Crippen LogP contribution in [0.15, 0.2) is 72.8 Å². The second-order valence-corrected chi connectivity index (χ2v) is 10.9. The van der Waals surface area contributed by atoms with Gasteiger partial charge in [-0.05, 0) is 80.6 Å². The predicted molar refractivity (Wildman–Crippen MR) is 163 cm³/mol. The minimum absolute atomic E-state index is 0.118. The monoisotopic (exact) mass is 604 g/mol. The summed E-state index contributed by atoms with van der Waals surface area (Å²) in [6.45, 7) is 3.76. The summed E-state index contributed by atoms with van der Waals surface area (Å²) in [5.41, 5.74) is 3.76. The van der Waals surface area contributed by atoms with Crippen molar-refractivity contribution >= 4 is 23.9 Å². The van der Waals surface area contributed by atoms with E-state index in [-0.39, 0.29) is 31.0 Å².